The highest BCUT2D eigenvalue weighted by atomic mass is 19.1. The molecule has 32 heavy (non-hydrogen) atoms. The van der Waals surface area contributed by atoms with Crippen LogP contribution in [0.1, 0.15) is 33.6 Å². The fourth-order valence-corrected chi connectivity index (χ4v) is 3.40. The van der Waals surface area contributed by atoms with E-state index < -0.39 is 23.2 Å². The van der Waals surface area contributed by atoms with Gasteiger partial charge < -0.3 is 24.8 Å². The second-order valence-corrected chi connectivity index (χ2v) is 8.63. The fourth-order valence-electron chi connectivity index (χ4n) is 3.40. The second kappa shape index (κ2) is 9.56. The van der Waals surface area contributed by atoms with Crippen molar-refractivity contribution in [2.24, 2.45) is 0 Å². The van der Waals surface area contributed by atoms with Gasteiger partial charge in [0.15, 0.2) is 11.6 Å². The van der Waals surface area contributed by atoms with E-state index in [-0.39, 0.29) is 42.5 Å². The summed E-state index contributed by atoms with van der Waals surface area (Å²) in [6.45, 7) is 5.90. The summed E-state index contributed by atoms with van der Waals surface area (Å²) in [4.78, 5) is 38.6. The monoisotopic (exact) mass is 449 g/mol. The smallest absolute Gasteiger partial charge is 0.410 e. The van der Waals surface area contributed by atoms with E-state index in [1.54, 1.807) is 11.0 Å². The van der Waals surface area contributed by atoms with Crippen molar-refractivity contribution in [3.63, 3.8) is 0 Å². The number of aliphatic hydroxyl groups is 1. The summed E-state index contributed by atoms with van der Waals surface area (Å²) < 4.78 is 25.7. The predicted octanol–water partition coefficient (Wildman–Crippen LogP) is 2.26. The summed E-state index contributed by atoms with van der Waals surface area (Å²) in [5, 5.41) is 11.7. The molecular weight excluding hydrogens is 421 g/mol. The Bertz CT molecular complexity index is 919. The molecule has 2 aliphatic rings. The third-order valence-electron chi connectivity index (χ3n) is 4.93. The Hall–Kier alpha value is -3.14. The van der Waals surface area contributed by atoms with Crippen LogP contribution in [0.5, 0.6) is 5.75 Å². The number of benzene rings is 1. The number of piperidine rings is 1. The van der Waals surface area contributed by atoms with Gasteiger partial charge in [-0.3, -0.25) is 14.5 Å². The SMILES string of the molecule is CC(C)(C)OC(=O)N1CCC(Oc2ccc(NC3=CC(=O)N(CCO)C3=O)cc2F)CC1. The van der Waals surface area contributed by atoms with Gasteiger partial charge in [0.05, 0.1) is 13.2 Å². The van der Waals surface area contributed by atoms with Crippen LogP contribution in [0.15, 0.2) is 30.0 Å². The van der Waals surface area contributed by atoms with Crippen molar-refractivity contribution in [1.29, 1.82) is 0 Å². The lowest BCUT2D eigenvalue weighted by atomic mass is 10.1. The molecule has 1 fully saturated rings. The number of amides is 3. The third-order valence-corrected chi connectivity index (χ3v) is 4.93. The van der Waals surface area contributed by atoms with Crippen LogP contribution >= 0.6 is 0 Å². The average Bonchev–Trinajstić information content (AvgIpc) is 2.97. The van der Waals surface area contributed by atoms with Crippen LogP contribution in [0, 0.1) is 5.82 Å². The Morgan fingerprint density at radius 1 is 1.25 bits per heavy atom. The first-order chi connectivity index (χ1) is 15.1. The number of ether oxygens (including phenoxy) is 2. The quantitative estimate of drug-likeness (QED) is 0.642. The topological polar surface area (TPSA) is 108 Å². The molecule has 2 heterocycles. The zero-order valence-electron chi connectivity index (χ0n) is 18.4. The number of carbonyl (C=O) groups excluding carboxylic acids is 3. The summed E-state index contributed by atoms with van der Waals surface area (Å²) >= 11 is 0. The molecule has 0 bridgehead atoms. The van der Waals surface area contributed by atoms with Gasteiger partial charge in [0.25, 0.3) is 11.8 Å². The van der Waals surface area contributed by atoms with Gasteiger partial charge in [-0.05, 0) is 32.9 Å². The molecule has 0 aromatic heterocycles. The van der Waals surface area contributed by atoms with Crippen LogP contribution in [-0.4, -0.2) is 70.8 Å². The van der Waals surface area contributed by atoms with Gasteiger partial charge >= 0.3 is 6.09 Å². The first kappa shape index (κ1) is 23.5. The number of nitrogens with zero attached hydrogens (tertiary/aromatic N) is 2. The van der Waals surface area contributed by atoms with Crippen molar-refractivity contribution in [3.05, 3.63) is 35.8 Å². The Kier molecular flexibility index (Phi) is 7.02. The highest BCUT2D eigenvalue weighted by Crippen LogP contribution is 2.27. The molecule has 1 aromatic rings. The third kappa shape index (κ3) is 5.76. The molecule has 0 radical (unpaired) electrons. The molecule has 1 saturated heterocycles. The first-order valence-electron chi connectivity index (χ1n) is 10.5. The molecular formula is C22H28FN3O6. The van der Waals surface area contributed by atoms with Crippen LogP contribution in [0.25, 0.3) is 0 Å². The summed E-state index contributed by atoms with van der Waals surface area (Å²) in [5.74, 6) is -1.67. The number of anilines is 1. The lowest BCUT2D eigenvalue weighted by Gasteiger charge is -2.33. The number of nitrogens with one attached hydrogen (secondary N) is 1. The highest BCUT2D eigenvalue weighted by molar-refractivity contribution is 6.17. The molecule has 2 aliphatic heterocycles. The van der Waals surface area contributed by atoms with Crippen LogP contribution in [0.4, 0.5) is 14.9 Å². The van der Waals surface area contributed by atoms with Crippen molar-refractivity contribution in [3.8, 4) is 5.75 Å². The standard InChI is InChI=1S/C22H28FN3O6/c1-22(2,3)32-21(30)25-8-6-15(7-9-25)31-18-5-4-14(12-16(18)23)24-17-13-19(28)26(10-11-27)20(17)29/h4-5,12-13,15,24,27H,6-11H2,1-3H3. The second-order valence-electron chi connectivity index (χ2n) is 8.63. The Balaban J connectivity index is 1.54. The van der Waals surface area contributed by atoms with Gasteiger partial charge in [0, 0.05) is 43.8 Å². The summed E-state index contributed by atoms with van der Waals surface area (Å²) in [5.41, 5.74) is -0.272. The number of imide groups is 1. The van der Waals surface area contributed by atoms with E-state index in [1.165, 1.54) is 12.1 Å². The van der Waals surface area contributed by atoms with Gasteiger partial charge in [-0.2, -0.15) is 0 Å². The van der Waals surface area contributed by atoms with E-state index in [9.17, 15) is 18.8 Å². The largest absolute Gasteiger partial charge is 0.487 e. The molecule has 0 saturated carbocycles. The van der Waals surface area contributed by atoms with Crippen LogP contribution in [-0.2, 0) is 14.3 Å². The van der Waals surface area contributed by atoms with Gasteiger partial charge in [0.2, 0.25) is 0 Å². The maximum atomic E-state index is 14.6. The van der Waals surface area contributed by atoms with Crippen molar-refractivity contribution >= 4 is 23.6 Å². The number of carbonyl (C=O) groups is 3. The molecule has 174 valence electrons. The van der Waals surface area contributed by atoms with Gasteiger partial charge in [-0.25, -0.2) is 9.18 Å². The first-order valence-corrected chi connectivity index (χ1v) is 10.5. The van der Waals surface area contributed by atoms with Crippen LogP contribution in [0.3, 0.4) is 0 Å². The molecule has 2 N–H and O–H groups in total. The number of hydrogen-bond acceptors (Lipinski definition) is 7. The minimum Gasteiger partial charge on any atom is -0.487 e. The molecule has 0 aliphatic carbocycles. The van der Waals surface area contributed by atoms with E-state index in [0.717, 1.165) is 11.0 Å². The minimum absolute atomic E-state index is 0.00559. The molecule has 0 spiro atoms. The molecule has 9 nitrogen and oxygen atoms in total. The Labute approximate surface area is 185 Å². The van der Waals surface area contributed by atoms with E-state index in [1.807, 2.05) is 20.8 Å². The van der Waals surface area contributed by atoms with Crippen molar-refractivity contribution < 1.29 is 33.4 Å². The summed E-state index contributed by atoms with van der Waals surface area (Å²) in [7, 11) is 0. The number of halogens is 1. The van der Waals surface area contributed by atoms with Gasteiger partial charge in [-0.1, -0.05) is 0 Å². The van der Waals surface area contributed by atoms with E-state index in [2.05, 4.69) is 5.32 Å². The number of aliphatic hydroxyl groups excluding tert-OH is 1. The number of likely N-dealkylation sites (tertiary alicyclic amines) is 1. The van der Waals surface area contributed by atoms with E-state index in [4.69, 9.17) is 14.6 Å². The van der Waals surface area contributed by atoms with E-state index >= 15 is 0 Å². The van der Waals surface area contributed by atoms with Gasteiger partial charge in [-0.15, -0.1) is 0 Å². The van der Waals surface area contributed by atoms with Crippen molar-refractivity contribution in [1.82, 2.24) is 9.80 Å². The molecule has 0 atom stereocenters. The fraction of sp³-hybridized carbons (Fsp3) is 0.500. The van der Waals surface area contributed by atoms with E-state index in [0.29, 0.717) is 25.9 Å². The van der Waals surface area contributed by atoms with Crippen LogP contribution in [0.2, 0.25) is 0 Å². The lowest BCUT2D eigenvalue weighted by Crippen LogP contribution is -2.44. The molecule has 3 amide bonds. The lowest BCUT2D eigenvalue weighted by molar-refractivity contribution is -0.137. The van der Waals surface area contributed by atoms with Crippen LogP contribution < -0.4 is 10.1 Å². The summed E-state index contributed by atoms with van der Waals surface area (Å²) in [6.07, 6.45) is 1.58. The maximum absolute atomic E-state index is 14.6. The zero-order valence-corrected chi connectivity index (χ0v) is 18.4. The van der Waals surface area contributed by atoms with Crippen molar-refractivity contribution in [2.45, 2.75) is 45.3 Å². The number of β-amino-alcohol motifs (C(OH)–C–C–N with tert-alkyl or cyclic N) is 1. The van der Waals surface area contributed by atoms with Crippen molar-refractivity contribution in [2.75, 3.05) is 31.6 Å². The Morgan fingerprint density at radius 3 is 2.53 bits per heavy atom. The zero-order chi connectivity index (χ0) is 23.5. The number of rotatable bonds is 6. The predicted molar refractivity (Wildman–Crippen MR) is 113 cm³/mol. The molecule has 3 rings (SSSR count). The minimum atomic E-state index is -0.617. The Morgan fingerprint density at radius 2 is 1.94 bits per heavy atom. The maximum Gasteiger partial charge on any atom is 0.410 e. The molecule has 1 aromatic carbocycles. The molecule has 10 heteroatoms. The number of hydrogen-bond donors (Lipinski definition) is 2. The average molecular weight is 449 g/mol. The normalized spacial score (nSPS) is 17.5. The van der Waals surface area contributed by atoms with Gasteiger partial charge in [0.1, 0.15) is 17.4 Å². The highest BCUT2D eigenvalue weighted by Gasteiger charge is 2.31. The molecule has 0 unspecified atom stereocenters. The summed E-state index contributed by atoms with van der Waals surface area (Å²) in [6, 6.07) is 4.17.